The molecule has 2 aromatic heterocycles. The topological polar surface area (TPSA) is 88.7 Å². The molecule has 7 nitrogen and oxygen atoms in total. The molecule has 0 amide bonds. The van der Waals surface area contributed by atoms with Crippen molar-refractivity contribution in [2.75, 3.05) is 18.0 Å². The molecule has 2 aromatic carbocycles. The summed E-state index contributed by atoms with van der Waals surface area (Å²) >= 11 is 1.48. The van der Waals surface area contributed by atoms with Gasteiger partial charge in [0.1, 0.15) is 23.1 Å². The van der Waals surface area contributed by atoms with Gasteiger partial charge in [0.15, 0.2) is 5.13 Å². The van der Waals surface area contributed by atoms with E-state index < -0.39 is 17.6 Å². The maximum atomic E-state index is 14.5. The lowest BCUT2D eigenvalue weighted by Gasteiger charge is -2.31. The monoisotopic (exact) mass is 511 g/mol. The second-order valence-corrected chi connectivity index (χ2v) is 10.2. The molecule has 1 N–H and O–H groups in total. The minimum absolute atomic E-state index is 0.0190. The molecular weight excluding hydrogens is 488 g/mol. The fraction of sp³-hybridized carbons (Fsp3) is 0.346. The van der Waals surface area contributed by atoms with Crippen molar-refractivity contribution in [2.45, 2.75) is 44.3 Å². The minimum atomic E-state index is -0.955. The summed E-state index contributed by atoms with van der Waals surface area (Å²) in [4.78, 5) is 18.1. The van der Waals surface area contributed by atoms with E-state index in [9.17, 15) is 18.7 Å². The van der Waals surface area contributed by atoms with Crippen LogP contribution in [0.4, 0.5) is 13.9 Å². The lowest BCUT2D eigenvalue weighted by atomic mass is 10.0. The minimum Gasteiger partial charge on any atom is -0.478 e. The van der Waals surface area contributed by atoms with Crippen LogP contribution >= 0.6 is 11.3 Å². The van der Waals surface area contributed by atoms with Gasteiger partial charge in [0, 0.05) is 24.6 Å². The zero-order chi connectivity index (χ0) is 24.8. The fourth-order valence-corrected chi connectivity index (χ4v) is 5.70. The van der Waals surface area contributed by atoms with Crippen molar-refractivity contribution in [1.82, 2.24) is 10.1 Å². The zero-order valence-corrected chi connectivity index (χ0v) is 20.1. The van der Waals surface area contributed by atoms with Crippen molar-refractivity contribution >= 4 is 32.7 Å². The van der Waals surface area contributed by atoms with Gasteiger partial charge in [0.25, 0.3) is 0 Å². The lowest BCUT2D eigenvalue weighted by Crippen LogP contribution is -2.37. The molecule has 1 aliphatic carbocycles. The first kappa shape index (κ1) is 23.1. The van der Waals surface area contributed by atoms with E-state index >= 15 is 0 Å². The van der Waals surface area contributed by atoms with Crippen LogP contribution in [0.25, 0.3) is 21.5 Å². The highest BCUT2D eigenvalue weighted by Crippen LogP contribution is 2.45. The molecule has 0 radical (unpaired) electrons. The van der Waals surface area contributed by atoms with Gasteiger partial charge in [-0.3, -0.25) is 0 Å². The second kappa shape index (κ2) is 9.25. The van der Waals surface area contributed by atoms with E-state index in [0.717, 1.165) is 54.1 Å². The zero-order valence-electron chi connectivity index (χ0n) is 19.2. The first-order chi connectivity index (χ1) is 17.5. The number of carbonyl (C=O) groups is 1. The van der Waals surface area contributed by atoms with Crippen LogP contribution in [0.2, 0.25) is 0 Å². The summed E-state index contributed by atoms with van der Waals surface area (Å²) in [5.74, 6) is -1.41. The number of carboxylic acids is 1. The third-order valence-corrected chi connectivity index (χ3v) is 7.85. The number of ether oxygens (including phenoxy) is 1. The Morgan fingerprint density at radius 2 is 1.89 bits per heavy atom. The van der Waals surface area contributed by atoms with Gasteiger partial charge in [0.05, 0.1) is 34.1 Å². The molecule has 3 heterocycles. The maximum Gasteiger partial charge on any atom is 0.335 e. The molecular formula is C26H23F2N3O4S. The van der Waals surface area contributed by atoms with E-state index in [0.29, 0.717) is 11.3 Å². The van der Waals surface area contributed by atoms with Gasteiger partial charge in [-0.25, -0.2) is 18.6 Å². The Balaban J connectivity index is 1.14. The van der Waals surface area contributed by atoms with Gasteiger partial charge in [-0.05, 0) is 56.0 Å². The Morgan fingerprint density at radius 3 is 2.58 bits per heavy atom. The van der Waals surface area contributed by atoms with Gasteiger partial charge < -0.3 is 19.3 Å². The number of hydrogen-bond donors (Lipinski definition) is 1. The molecule has 1 aliphatic heterocycles. The summed E-state index contributed by atoms with van der Waals surface area (Å²) in [7, 11) is 0. The first-order valence-corrected chi connectivity index (χ1v) is 12.7. The molecule has 1 saturated heterocycles. The average Bonchev–Trinajstić information content (AvgIpc) is 3.49. The van der Waals surface area contributed by atoms with E-state index in [2.05, 4.69) is 15.0 Å². The number of rotatable bonds is 7. The number of aromatic nitrogens is 2. The number of benzene rings is 2. The van der Waals surface area contributed by atoms with Gasteiger partial charge in [-0.15, -0.1) is 0 Å². The van der Waals surface area contributed by atoms with Crippen molar-refractivity contribution in [3.63, 3.8) is 0 Å². The predicted molar refractivity (Wildman–Crippen MR) is 130 cm³/mol. The van der Waals surface area contributed by atoms with Crippen molar-refractivity contribution in [2.24, 2.45) is 0 Å². The number of aromatic carboxylic acids is 1. The van der Waals surface area contributed by atoms with Crippen LogP contribution in [-0.2, 0) is 11.3 Å². The van der Waals surface area contributed by atoms with E-state index in [1.165, 1.54) is 29.5 Å². The van der Waals surface area contributed by atoms with Gasteiger partial charge in [-0.1, -0.05) is 22.6 Å². The van der Waals surface area contributed by atoms with Gasteiger partial charge >= 0.3 is 5.97 Å². The number of carboxylic acid groups (broad SMARTS) is 1. The summed E-state index contributed by atoms with van der Waals surface area (Å²) < 4.78 is 41.6. The Morgan fingerprint density at radius 1 is 1.14 bits per heavy atom. The number of piperidine rings is 1. The van der Waals surface area contributed by atoms with E-state index in [-0.39, 0.29) is 35.4 Å². The Labute approximate surface area is 209 Å². The molecule has 6 rings (SSSR count). The highest BCUT2D eigenvalue weighted by Gasteiger charge is 2.34. The smallest absolute Gasteiger partial charge is 0.335 e. The molecule has 4 aromatic rings. The molecule has 0 bridgehead atoms. The van der Waals surface area contributed by atoms with Crippen molar-refractivity contribution < 1.29 is 27.9 Å². The van der Waals surface area contributed by atoms with Crippen molar-refractivity contribution in [1.29, 1.82) is 0 Å². The summed E-state index contributed by atoms with van der Waals surface area (Å²) in [6.45, 7) is 1.66. The molecule has 0 unspecified atom stereocenters. The summed E-state index contributed by atoms with van der Waals surface area (Å²) in [6, 6.07) is 8.72. The van der Waals surface area contributed by atoms with E-state index in [1.807, 2.05) is 0 Å². The number of thiazole rings is 1. The number of hydrogen-bond acceptors (Lipinski definition) is 7. The maximum absolute atomic E-state index is 14.5. The van der Waals surface area contributed by atoms with Crippen LogP contribution in [-0.4, -0.2) is 40.4 Å². The molecule has 2 fully saturated rings. The number of anilines is 1. The van der Waals surface area contributed by atoms with E-state index in [4.69, 9.17) is 9.26 Å². The predicted octanol–water partition coefficient (Wildman–Crippen LogP) is 5.99. The normalized spacial score (nSPS) is 16.7. The van der Waals surface area contributed by atoms with Crippen molar-refractivity contribution in [3.8, 4) is 11.3 Å². The molecule has 36 heavy (non-hydrogen) atoms. The van der Waals surface area contributed by atoms with Crippen LogP contribution in [0.5, 0.6) is 0 Å². The van der Waals surface area contributed by atoms with Crippen LogP contribution in [0, 0.1) is 11.6 Å². The second-order valence-electron chi connectivity index (χ2n) is 9.23. The fourth-order valence-electron chi connectivity index (χ4n) is 4.64. The van der Waals surface area contributed by atoms with Crippen LogP contribution in [0.1, 0.15) is 53.3 Å². The summed E-state index contributed by atoms with van der Waals surface area (Å²) in [5, 5.41) is 14.1. The quantitative estimate of drug-likeness (QED) is 0.326. The standard InChI is InChI=1S/C26H23F2N3O4S/c27-18-2-1-3-19(28)22(18)23-17(24(35-30-23)14-4-5-14)13-34-16-8-10-31(11-9-16)26-29-20-7-6-15(25(32)33)12-21(20)36-26/h1-3,6-7,12,14,16H,4-5,8-11,13H2,(H,32,33). The average molecular weight is 512 g/mol. The molecule has 0 spiro atoms. The first-order valence-electron chi connectivity index (χ1n) is 11.9. The molecule has 0 atom stereocenters. The van der Waals surface area contributed by atoms with Crippen LogP contribution in [0.15, 0.2) is 40.9 Å². The molecule has 2 aliphatic rings. The van der Waals surface area contributed by atoms with E-state index in [1.54, 1.807) is 18.2 Å². The lowest BCUT2D eigenvalue weighted by molar-refractivity contribution is 0.0246. The van der Waals surface area contributed by atoms with Crippen LogP contribution in [0.3, 0.4) is 0 Å². The van der Waals surface area contributed by atoms with Gasteiger partial charge in [0.2, 0.25) is 0 Å². The number of halogens is 2. The summed E-state index contributed by atoms with van der Waals surface area (Å²) in [6.07, 6.45) is 3.45. The molecule has 186 valence electrons. The molecule has 10 heteroatoms. The third kappa shape index (κ3) is 4.35. The molecule has 1 saturated carbocycles. The highest BCUT2D eigenvalue weighted by atomic mass is 32.1. The number of fused-ring (bicyclic) bond motifs is 1. The van der Waals surface area contributed by atoms with Crippen molar-refractivity contribution in [3.05, 3.63) is 64.9 Å². The van der Waals surface area contributed by atoms with Crippen LogP contribution < -0.4 is 4.90 Å². The third-order valence-electron chi connectivity index (χ3n) is 6.77. The van der Waals surface area contributed by atoms with Gasteiger partial charge in [-0.2, -0.15) is 0 Å². The summed E-state index contributed by atoms with van der Waals surface area (Å²) in [5.41, 5.74) is 1.66. The Bertz CT molecular complexity index is 1420. The highest BCUT2D eigenvalue weighted by molar-refractivity contribution is 7.22. The SMILES string of the molecule is O=C(O)c1ccc2nc(N3CCC(OCc4c(-c5c(F)cccc5F)noc4C4CC4)CC3)sc2c1. The number of nitrogens with zero attached hydrogens (tertiary/aromatic N) is 3. The Hall–Kier alpha value is -3.37. The largest absolute Gasteiger partial charge is 0.478 e. The Kier molecular flexibility index (Phi) is 5.93.